The zero-order chi connectivity index (χ0) is 14.4. The molecule has 0 spiro atoms. The van der Waals surface area contributed by atoms with E-state index in [4.69, 9.17) is 9.47 Å². The fourth-order valence-electron chi connectivity index (χ4n) is 2.26. The summed E-state index contributed by atoms with van der Waals surface area (Å²) in [6.07, 6.45) is 1.90. The standard InChI is InChI=1S/C14H20N2O4/c1-15-9-12-2-3-13(16(17)18)14(8-12)20-10-11-4-6-19-7-5-11/h2-3,8,11,15H,4-7,9-10H2,1H3. The van der Waals surface area contributed by atoms with Crippen molar-refractivity contribution >= 4 is 5.69 Å². The fourth-order valence-corrected chi connectivity index (χ4v) is 2.26. The molecule has 0 amide bonds. The van der Waals surface area contributed by atoms with Crippen LogP contribution in [0, 0.1) is 16.0 Å². The third-order valence-electron chi connectivity index (χ3n) is 3.42. The number of hydrogen-bond acceptors (Lipinski definition) is 5. The molecule has 1 aliphatic heterocycles. The van der Waals surface area contributed by atoms with Crippen LogP contribution in [0.4, 0.5) is 5.69 Å². The molecule has 0 bridgehead atoms. The van der Waals surface area contributed by atoms with Gasteiger partial charge < -0.3 is 14.8 Å². The fraction of sp³-hybridized carbons (Fsp3) is 0.571. The van der Waals surface area contributed by atoms with Crippen LogP contribution in [0.3, 0.4) is 0 Å². The van der Waals surface area contributed by atoms with Gasteiger partial charge >= 0.3 is 5.69 Å². The summed E-state index contributed by atoms with van der Waals surface area (Å²) in [5.74, 6) is 0.769. The van der Waals surface area contributed by atoms with Gasteiger partial charge in [-0.25, -0.2) is 0 Å². The predicted octanol–water partition coefficient (Wildman–Crippen LogP) is 2.12. The number of nitro benzene ring substituents is 1. The number of nitrogens with one attached hydrogen (secondary N) is 1. The van der Waals surface area contributed by atoms with Gasteiger partial charge in [0.05, 0.1) is 11.5 Å². The SMILES string of the molecule is CNCc1ccc([N+](=O)[O-])c(OCC2CCOCC2)c1. The Morgan fingerprint density at radius 1 is 1.45 bits per heavy atom. The van der Waals surface area contributed by atoms with Gasteiger partial charge in [-0.05, 0) is 37.4 Å². The third-order valence-corrected chi connectivity index (χ3v) is 3.42. The van der Waals surface area contributed by atoms with E-state index in [2.05, 4.69) is 5.32 Å². The van der Waals surface area contributed by atoms with Crippen LogP contribution in [0.5, 0.6) is 5.75 Å². The molecule has 0 unspecified atom stereocenters. The van der Waals surface area contributed by atoms with Crippen LogP contribution in [-0.4, -0.2) is 31.8 Å². The molecule has 1 aromatic rings. The Bertz CT molecular complexity index is 458. The molecule has 1 aliphatic rings. The van der Waals surface area contributed by atoms with Gasteiger partial charge in [0.1, 0.15) is 0 Å². The van der Waals surface area contributed by atoms with Gasteiger partial charge in [0, 0.05) is 25.8 Å². The molecule has 0 aromatic heterocycles. The van der Waals surface area contributed by atoms with Crippen molar-refractivity contribution < 1.29 is 14.4 Å². The smallest absolute Gasteiger partial charge is 0.310 e. The van der Waals surface area contributed by atoms with Crippen molar-refractivity contribution in [3.63, 3.8) is 0 Å². The number of nitrogens with zero attached hydrogens (tertiary/aromatic N) is 1. The number of benzene rings is 1. The maximum absolute atomic E-state index is 11.0. The van der Waals surface area contributed by atoms with Gasteiger partial charge in [0.15, 0.2) is 5.75 Å². The van der Waals surface area contributed by atoms with Gasteiger partial charge in [0.2, 0.25) is 0 Å². The van der Waals surface area contributed by atoms with Crippen molar-refractivity contribution in [1.82, 2.24) is 5.32 Å². The molecule has 6 heteroatoms. The van der Waals surface area contributed by atoms with Crippen molar-refractivity contribution in [2.24, 2.45) is 5.92 Å². The quantitative estimate of drug-likeness (QED) is 0.638. The normalized spacial score (nSPS) is 16.1. The maximum atomic E-state index is 11.0. The minimum Gasteiger partial charge on any atom is -0.487 e. The summed E-state index contributed by atoms with van der Waals surface area (Å²) in [7, 11) is 1.84. The largest absolute Gasteiger partial charge is 0.487 e. The van der Waals surface area contributed by atoms with E-state index in [1.807, 2.05) is 7.05 Å². The van der Waals surface area contributed by atoms with E-state index < -0.39 is 4.92 Å². The molecule has 0 saturated carbocycles. The Hall–Kier alpha value is -1.66. The van der Waals surface area contributed by atoms with E-state index in [-0.39, 0.29) is 5.69 Å². The average molecular weight is 280 g/mol. The average Bonchev–Trinajstić information content (AvgIpc) is 2.46. The van der Waals surface area contributed by atoms with E-state index >= 15 is 0 Å². The van der Waals surface area contributed by atoms with Crippen LogP contribution in [0.15, 0.2) is 18.2 Å². The van der Waals surface area contributed by atoms with E-state index in [0.717, 1.165) is 31.6 Å². The Balaban J connectivity index is 2.06. The molecule has 20 heavy (non-hydrogen) atoms. The van der Waals surface area contributed by atoms with E-state index in [1.165, 1.54) is 6.07 Å². The minimum atomic E-state index is -0.400. The van der Waals surface area contributed by atoms with Crippen LogP contribution in [0.25, 0.3) is 0 Å². The molecular formula is C14H20N2O4. The molecule has 1 fully saturated rings. The lowest BCUT2D eigenvalue weighted by atomic mass is 10.0. The van der Waals surface area contributed by atoms with Crippen molar-refractivity contribution in [2.45, 2.75) is 19.4 Å². The number of nitro groups is 1. The van der Waals surface area contributed by atoms with Crippen molar-refractivity contribution in [3.05, 3.63) is 33.9 Å². The van der Waals surface area contributed by atoms with Gasteiger partial charge in [-0.15, -0.1) is 0 Å². The highest BCUT2D eigenvalue weighted by Gasteiger charge is 2.19. The third kappa shape index (κ3) is 3.91. The summed E-state index contributed by atoms with van der Waals surface area (Å²) in [5.41, 5.74) is 0.997. The first-order valence-corrected chi connectivity index (χ1v) is 6.83. The lowest BCUT2D eigenvalue weighted by Crippen LogP contribution is -2.21. The first kappa shape index (κ1) is 14.7. The Kier molecular flexibility index (Phi) is 5.31. The molecule has 6 nitrogen and oxygen atoms in total. The minimum absolute atomic E-state index is 0.0249. The summed E-state index contributed by atoms with van der Waals surface area (Å²) < 4.78 is 11.0. The van der Waals surface area contributed by atoms with Crippen LogP contribution < -0.4 is 10.1 Å². The summed E-state index contributed by atoms with van der Waals surface area (Å²) in [6.45, 7) is 2.66. The second-order valence-corrected chi connectivity index (χ2v) is 4.96. The zero-order valence-electron chi connectivity index (χ0n) is 11.6. The first-order chi connectivity index (χ1) is 9.70. The number of hydrogen-bond donors (Lipinski definition) is 1. The molecule has 0 aliphatic carbocycles. The van der Waals surface area contributed by atoms with Crippen molar-refractivity contribution in [1.29, 1.82) is 0 Å². The van der Waals surface area contributed by atoms with Gasteiger partial charge in [-0.3, -0.25) is 10.1 Å². The second kappa shape index (κ2) is 7.21. The van der Waals surface area contributed by atoms with Gasteiger partial charge in [-0.1, -0.05) is 6.07 Å². The zero-order valence-corrected chi connectivity index (χ0v) is 11.6. The number of rotatable bonds is 6. The van der Waals surface area contributed by atoms with Gasteiger partial charge in [-0.2, -0.15) is 0 Å². The molecule has 1 aromatic carbocycles. The summed E-state index contributed by atoms with van der Waals surface area (Å²) in [6, 6.07) is 5.00. The Morgan fingerprint density at radius 2 is 2.20 bits per heavy atom. The lowest BCUT2D eigenvalue weighted by molar-refractivity contribution is -0.385. The summed E-state index contributed by atoms with van der Waals surface area (Å²) >= 11 is 0. The van der Waals surface area contributed by atoms with Crippen molar-refractivity contribution in [3.8, 4) is 5.75 Å². The molecule has 0 radical (unpaired) electrons. The molecular weight excluding hydrogens is 260 g/mol. The molecule has 1 N–H and O–H groups in total. The molecule has 1 saturated heterocycles. The van der Waals surface area contributed by atoms with E-state index in [9.17, 15) is 10.1 Å². The Labute approximate surface area is 118 Å². The highest BCUT2D eigenvalue weighted by Crippen LogP contribution is 2.29. The van der Waals surface area contributed by atoms with Crippen LogP contribution in [0.2, 0.25) is 0 Å². The van der Waals surface area contributed by atoms with Gasteiger partial charge in [0.25, 0.3) is 0 Å². The molecule has 2 rings (SSSR count). The second-order valence-electron chi connectivity index (χ2n) is 4.96. The topological polar surface area (TPSA) is 73.6 Å². The predicted molar refractivity (Wildman–Crippen MR) is 74.9 cm³/mol. The van der Waals surface area contributed by atoms with Crippen LogP contribution in [0.1, 0.15) is 18.4 Å². The van der Waals surface area contributed by atoms with Crippen LogP contribution >= 0.6 is 0 Å². The molecule has 110 valence electrons. The van der Waals surface area contributed by atoms with E-state index in [1.54, 1.807) is 12.1 Å². The Morgan fingerprint density at radius 3 is 2.85 bits per heavy atom. The monoisotopic (exact) mass is 280 g/mol. The van der Waals surface area contributed by atoms with Crippen molar-refractivity contribution in [2.75, 3.05) is 26.9 Å². The highest BCUT2D eigenvalue weighted by atomic mass is 16.6. The van der Waals surface area contributed by atoms with Crippen LogP contribution in [-0.2, 0) is 11.3 Å². The highest BCUT2D eigenvalue weighted by molar-refractivity contribution is 5.48. The lowest BCUT2D eigenvalue weighted by Gasteiger charge is -2.22. The van der Waals surface area contributed by atoms with E-state index in [0.29, 0.717) is 24.8 Å². The molecule has 0 atom stereocenters. The maximum Gasteiger partial charge on any atom is 0.310 e. The first-order valence-electron chi connectivity index (χ1n) is 6.83. The number of ether oxygens (including phenoxy) is 2. The summed E-state index contributed by atoms with van der Waals surface area (Å²) in [4.78, 5) is 10.6. The summed E-state index contributed by atoms with van der Waals surface area (Å²) in [5, 5.41) is 14.1. The molecule has 1 heterocycles.